The number of fused-ring (bicyclic) bond motifs is 4. The van der Waals surface area contributed by atoms with Crippen LogP contribution in [0.2, 0.25) is 0 Å². The summed E-state index contributed by atoms with van der Waals surface area (Å²) in [5.41, 5.74) is 7.66. The minimum atomic E-state index is -0.915. The summed E-state index contributed by atoms with van der Waals surface area (Å²) in [6.45, 7) is 0. The van der Waals surface area contributed by atoms with Crippen LogP contribution in [0.4, 0.5) is 0 Å². The Labute approximate surface area is 388 Å². The Kier molecular flexibility index (Phi) is 8.97. The van der Waals surface area contributed by atoms with Crippen LogP contribution in [0.25, 0.3) is 0 Å². The summed E-state index contributed by atoms with van der Waals surface area (Å²) in [5.74, 6) is -3.93. The topological polar surface area (TPSA) is 221 Å². The van der Waals surface area contributed by atoms with Gasteiger partial charge in [-0.05, 0) is 118 Å². The van der Waals surface area contributed by atoms with Crippen molar-refractivity contribution in [1.29, 1.82) is 0 Å². The van der Waals surface area contributed by atoms with Crippen molar-refractivity contribution in [3.8, 4) is 69.0 Å². The van der Waals surface area contributed by atoms with Gasteiger partial charge >= 0.3 is 0 Å². The van der Waals surface area contributed by atoms with Crippen LogP contribution in [0.5, 0.6) is 69.0 Å². The number of hydrogen-bond donors (Lipinski definition) is 10. The first-order valence-corrected chi connectivity index (χ1v) is 22.2. The average Bonchev–Trinajstić information content (AvgIpc) is 3.79. The second kappa shape index (κ2) is 14.9. The highest BCUT2D eigenvalue weighted by Gasteiger charge is 2.49. The molecular formula is C56H42O12. The predicted molar refractivity (Wildman–Crippen MR) is 248 cm³/mol. The molecule has 0 unspecified atom stereocenters. The van der Waals surface area contributed by atoms with E-state index in [1.54, 1.807) is 103 Å². The molecule has 0 saturated carbocycles. The van der Waals surface area contributed by atoms with Gasteiger partial charge in [-0.1, -0.05) is 48.5 Å². The van der Waals surface area contributed by atoms with E-state index in [1.807, 2.05) is 6.07 Å². The number of aromatic hydroxyl groups is 10. The number of hydrogen-bond acceptors (Lipinski definition) is 12. The van der Waals surface area contributed by atoms with Crippen LogP contribution in [0.1, 0.15) is 114 Å². The molecule has 0 bridgehead atoms. The summed E-state index contributed by atoms with van der Waals surface area (Å²) in [7, 11) is 0. The van der Waals surface area contributed by atoms with Crippen molar-refractivity contribution in [3.63, 3.8) is 0 Å². The lowest BCUT2D eigenvalue weighted by atomic mass is 9.72. The molecule has 12 nitrogen and oxygen atoms in total. The summed E-state index contributed by atoms with van der Waals surface area (Å²) in [6.07, 6.45) is -1.22. The quantitative estimate of drug-likeness (QED) is 0.0780. The first-order valence-electron chi connectivity index (χ1n) is 22.2. The van der Waals surface area contributed by atoms with Gasteiger partial charge < -0.3 is 60.5 Å². The Hall–Kier alpha value is -8.64. The SMILES string of the molecule is Oc1ccc([C@H]2c3c(O)cc(O)cc3[C@H]3c4c(cc(O)cc4[C@H]2c2cc([C@H]4Cc5cc(O)cc6c5[C@H](c5cc(O)cc(O)c54)[C@@H](c4ccc(O)cc4)O6)ccc2O)O[C@@H]3c2ccc(O)cc2)cc1. The fraction of sp³-hybridized carbons (Fsp3) is 0.143. The maximum atomic E-state index is 12.3. The van der Waals surface area contributed by atoms with Gasteiger partial charge in [-0.2, -0.15) is 0 Å². The highest BCUT2D eigenvalue weighted by molar-refractivity contribution is 5.69. The second-order valence-corrected chi connectivity index (χ2v) is 18.2. The number of rotatable bonds is 5. The Morgan fingerprint density at radius 3 is 1.32 bits per heavy atom. The molecule has 68 heavy (non-hydrogen) atoms. The van der Waals surface area contributed by atoms with Gasteiger partial charge in [0.1, 0.15) is 81.2 Å². The van der Waals surface area contributed by atoms with Crippen molar-refractivity contribution >= 4 is 0 Å². The summed E-state index contributed by atoms with van der Waals surface area (Å²) in [6, 6.07) is 37.0. The monoisotopic (exact) mass is 906 g/mol. The molecule has 2 heterocycles. The van der Waals surface area contributed by atoms with E-state index in [1.165, 1.54) is 30.3 Å². The lowest BCUT2D eigenvalue weighted by Crippen LogP contribution is -2.17. The van der Waals surface area contributed by atoms with Crippen LogP contribution >= 0.6 is 0 Å². The van der Waals surface area contributed by atoms with Crippen LogP contribution in [0.15, 0.2) is 140 Å². The molecule has 2 aliphatic heterocycles. The number of benzene rings is 8. The smallest absolute Gasteiger partial charge is 0.135 e. The van der Waals surface area contributed by atoms with Crippen LogP contribution < -0.4 is 9.47 Å². The van der Waals surface area contributed by atoms with E-state index in [4.69, 9.17) is 9.47 Å². The van der Waals surface area contributed by atoms with Crippen molar-refractivity contribution in [1.82, 2.24) is 0 Å². The van der Waals surface area contributed by atoms with Gasteiger partial charge in [0, 0.05) is 69.8 Å². The van der Waals surface area contributed by atoms with Crippen molar-refractivity contribution < 1.29 is 60.5 Å². The fourth-order valence-electron chi connectivity index (χ4n) is 11.7. The number of phenols is 10. The molecule has 8 aromatic carbocycles. The highest BCUT2D eigenvalue weighted by Crippen LogP contribution is 2.64. The van der Waals surface area contributed by atoms with Gasteiger partial charge in [0.15, 0.2) is 0 Å². The van der Waals surface area contributed by atoms with Crippen LogP contribution in [0, 0.1) is 0 Å². The van der Waals surface area contributed by atoms with E-state index in [9.17, 15) is 51.1 Å². The molecule has 4 aliphatic rings. The van der Waals surface area contributed by atoms with Crippen molar-refractivity contribution in [2.45, 2.75) is 48.2 Å². The minimum Gasteiger partial charge on any atom is -0.508 e. The highest BCUT2D eigenvalue weighted by atomic mass is 16.5. The van der Waals surface area contributed by atoms with Gasteiger partial charge in [-0.15, -0.1) is 0 Å². The van der Waals surface area contributed by atoms with Crippen molar-refractivity contribution in [3.05, 3.63) is 212 Å². The summed E-state index contributed by atoms with van der Waals surface area (Å²) in [5, 5.41) is 113. The molecule has 0 amide bonds. The standard InChI is InChI=1S/C56H42O12/c57-30-8-1-25(2-9-30)48-50(40-20-36(63)24-46-52(40)54(41-19-35(62)22-44(66)51(41)48)56(68-46)27-5-12-32(59)13-6-27)38-16-28(7-14-42(38)64)37-17-29-15-33(60)23-45-47(29)53(39-18-34(61)21-43(65)49(37)39)55(67-45)26-3-10-31(58)11-4-26/h1-16,18-24,37,48,50,53-66H,17H2/t37-,48-,50-,53+,54+,55-,56-/m1/s1. The zero-order chi connectivity index (χ0) is 46.9. The molecular weight excluding hydrogens is 865 g/mol. The Bertz CT molecular complexity index is 3370. The van der Waals surface area contributed by atoms with E-state index in [2.05, 4.69) is 0 Å². The molecule has 10 N–H and O–H groups in total. The summed E-state index contributed by atoms with van der Waals surface area (Å²) >= 11 is 0. The zero-order valence-electron chi connectivity index (χ0n) is 35.8. The van der Waals surface area contributed by atoms with Crippen LogP contribution in [-0.2, 0) is 6.42 Å². The number of ether oxygens (including phenoxy) is 2. The first kappa shape index (κ1) is 40.8. The fourth-order valence-corrected chi connectivity index (χ4v) is 11.7. The molecule has 0 aromatic heterocycles. The summed E-state index contributed by atoms with van der Waals surface area (Å²) < 4.78 is 13.3. The molecule has 8 aromatic rings. The third kappa shape index (κ3) is 6.28. The third-order valence-corrected chi connectivity index (χ3v) is 14.4. The van der Waals surface area contributed by atoms with Crippen LogP contribution in [0.3, 0.4) is 0 Å². The molecule has 338 valence electrons. The molecule has 0 fully saturated rings. The largest absolute Gasteiger partial charge is 0.508 e. The molecule has 12 rings (SSSR count). The first-order chi connectivity index (χ1) is 32.8. The predicted octanol–water partition coefficient (Wildman–Crippen LogP) is 10.2. The van der Waals surface area contributed by atoms with Gasteiger partial charge in [0.25, 0.3) is 0 Å². The second-order valence-electron chi connectivity index (χ2n) is 18.2. The molecule has 0 radical (unpaired) electrons. The lowest BCUT2D eigenvalue weighted by Gasteiger charge is -2.32. The van der Waals surface area contributed by atoms with E-state index < -0.39 is 41.8 Å². The molecule has 12 heteroatoms. The molecule has 0 spiro atoms. The van der Waals surface area contributed by atoms with Crippen molar-refractivity contribution in [2.75, 3.05) is 0 Å². The van der Waals surface area contributed by atoms with Gasteiger partial charge in [-0.3, -0.25) is 0 Å². The molecule has 2 aliphatic carbocycles. The normalized spacial score (nSPS) is 21.6. The van der Waals surface area contributed by atoms with Gasteiger partial charge in [0.05, 0.1) is 11.8 Å². The van der Waals surface area contributed by atoms with E-state index in [-0.39, 0.29) is 63.9 Å². The molecule has 0 saturated heterocycles. The van der Waals surface area contributed by atoms with Crippen molar-refractivity contribution in [2.24, 2.45) is 0 Å². The lowest BCUT2D eigenvalue weighted by molar-refractivity contribution is 0.221. The van der Waals surface area contributed by atoms with Crippen LogP contribution in [-0.4, -0.2) is 51.1 Å². The van der Waals surface area contributed by atoms with Gasteiger partial charge in [0.2, 0.25) is 0 Å². The Morgan fingerprint density at radius 1 is 0.309 bits per heavy atom. The van der Waals surface area contributed by atoms with Gasteiger partial charge in [-0.25, -0.2) is 0 Å². The minimum absolute atomic E-state index is 0.00380. The zero-order valence-corrected chi connectivity index (χ0v) is 35.8. The summed E-state index contributed by atoms with van der Waals surface area (Å²) in [4.78, 5) is 0. The maximum absolute atomic E-state index is 12.3. The molecule has 7 atom stereocenters. The van der Waals surface area contributed by atoms with E-state index in [0.29, 0.717) is 72.7 Å². The maximum Gasteiger partial charge on any atom is 0.135 e. The third-order valence-electron chi connectivity index (χ3n) is 14.4. The van der Waals surface area contributed by atoms with E-state index in [0.717, 1.165) is 11.1 Å². The Balaban J connectivity index is 1.11. The number of phenolic OH excluding ortho intramolecular Hbond substituents is 10. The van der Waals surface area contributed by atoms with E-state index >= 15 is 0 Å². The average molecular weight is 907 g/mol. The Morgan fingerprint density at radius 2 is 0.750 bits per heavy atom.